The van der Waals surface area contributed by atoms with Gasteiger partial charge in [0.25, 0.3) is 0 Å². The molecule has 0 aliphatic rings. The van der Waals surface area contributed by atoms with Crippen LogP contribution in [0.4, 0.5) is 15.3 Å². The standard InChI is InChI=1S/C39H51N3O12Se/c1-38(2,3)53-36(46)40-20-18-27-28-22-25(50-7)14-16-30(28)41(37(47)54-39(4,5)6)29(27)17-15-26(33(34(44)51-8)35(45)52-9)24(23-43)19-21-55-32-13-11-10-12-31(32)42(48)49/h10-14,16,22-24,26,33H,15,17-21H2,1-9H3,(H,40,46)/t24-,26+/m1/s1. The van der Waals surface area contributed by atoms with Gasteiger partial charge in [-0.1, -0.05) is 0 Å². The van der Waals surface area contributed by atoms with E-state index in [1.807, 2.05) is 0 Å². The van der Waals surface area contributed by atoms with Crippen LogP contribution in [0.1, 0.15) is 65.6 Å². The summed E-state index contributed by atoms with van der Waals surface area (Å²) in [5.74, 6) is -4.63. The zero-order chi connectivity index (χ0) is 41.1. The van der Waals surface area contributed by atoms with Crippen molar-refractivity contribution >= 4 is 66.4 Å². The van der Waals surface area contributed by atoms with Gasteiger partial charge in [0.1, 0.15) is 5.60 Å². The summed E-state index contributed by atoms with van der Waals surface area (Å²) in [5.41, 5.74) is -0.0150. The number of para-hydroxylation sites is 1. The van der Waals surface area contributed by atoms with Crippen molar-refractivity contribution in [3.8, 4) is 5.75 Å². The van der Waals surface area contributed by atoms with Crippen LogP contribution >= 0.6 is 0 Å². The molecule has 0 saturated carbocycles. The summed E-state index contributed by atoms with van der Waals surface area (Å²) in [6.07, 6.45) is -0.115. The normalized spacial score (nSPS) is 12.8. The Morgan fingerprint density at radius 3 is 2.11 bits per heavy atom. The van der Waals surface area contributed by atoms with Gasteiger partial charge < -0.3 is 4.74 Å². The average Bonchev–Trinajstić information content (AvgIpc) is 3.42. The third kappa shape index (κ3) is 12.3. The summed E-state index contributed by atoms with van der Waals surface area (Å²) in [6.45, 7) is 10.6. The molecule has 55 heavy (non-hydrogen) atoms. The topological polar surface area (TPSA) is 192 Å². The van der Waals surface area contributed by atoms with Crippen molar-refractivity contribution in [1.82, 2.24) is 9.88 Å². The number of nitrogens with one attached hydrogen (secondary N) is 1. The Kier molecular flexibility index (Phi) is 15.8. The van der Waals surface area contributed by atoms with Gasteiger partial charge in [-0.2, -0.15) is 0 Å². The second-order valence-electron chi connectivity index (χ2n) is 14.7. The molecule has 0 bridgehead atoms. The minimum atomic E-state index is -1.50. The van der Waals surface area contributed by atoms with Crippen molar-refractivity contribution in [2.75, 3.05) is 27.9 Å². The third-order valence-corrected chi connectivity index (χ3v) is 10.9. The van der Waals surface area contributed by atoms with Crippen molar-refractivity contribution in [2.45, 2.75) is 83.7 Å². The second kappa shape index (κ2) is 19.6. The van der Waals surface area contributed by atoms with E-state index in [1.54, 1.807) is 77.9 Å². The van der Waals surface area contributed by atoms with E-state index >= 15 is 0 Å². The van der Waals surface area contributed by atoms with Crippen LogP contribution in [0.3, 0.4) is 0 Å². The van der Waals surface area contributed by atoms with Gasteiger partial charge in [-0.25, -0.2) is 4.79 Å². The molecule has 16 heteroatoms. The van der Waals surface area contributed by atoms with E-state index in [0.29, 0.717) is 44.0 Å². The zero-order valence-electron chi connectivity index (χ0n) is 32.8. The minimum absolute atomic E-state index is 0.0241. The van der Waals surface area contributed by atoms with Crippen molar-refractivity contribution in [3.63, 3.8) is 0 Å². The molecular formula is C39H51N3O12Se. The molecule has 15 nitrogen and oxygen atoms in total. The number of nitro benzene ring substituents is 1. The first-order chi connectivity index (χ1) is 25.8. The first kappa shape index (κ1) is 44.4. The predicted molar refractivity (Wildman–Crippen MR) is 205 cm³/mol. The van der Waals surface area contributed by atoms with Crippen LogP contribution in [0.25, 0.3) is 10.9 Å². The molecule has 1 heterocycles. The van der Waals surface area contributed by atoms with Crippen LogP contribution in [-0.4, -0.2) is 93.9 Å². The molecular weight excluding hydrogens is 781 g/mol. The zero-order valence-corrected chi connectivity index (χ0v) is 34.5. The van der Waals surface area contributed by atoms with E-state index < -0.39 is 73.0 Å². The van der Waals surface area contributed by atoms with Gasteiger partial charge >= 0.3 is 285 Å². The Labute approximate surface area is 327 Å². The number of aromatic nitrogens is 1. The summed E-state index contributed by atoms with van der Waals surface area (Å²) in [5, 5.41) is 15.4. The molecule has 2 atom stereocenters. The van der Waals surface area contributed by atoms with E-state index in [0.717, 1.165) is 14.2 Å². The number of rotatable bonds is 17. The van der Waals surface area contributed by atoms with Gasteiger partial charge in [0.2, 0.25) is 0 Å². The van der Waals surface area contributed by atoms with Gasteiger partial charge in [-0.15, -0.1) is 0 Å². The maximum atomic E-state index is 14.0. The van der Waals surface area contributed by atoms with Crippen LogP contribution in [0, 0.1) is 27.9 Å². The number of alkyl carbamates (subject to hydrolysis) is 1. The molecule has 0 aliphatic carbocycles. The molecule has 0 radical (unpaired) electrons. The monoisotopic (exact) mass is 833 g/mol. The summed E-state index contributed by atoms with van der Waals surface area (Å²) < 4.78 is 28.8. The number of hydrogen-bond acceptors (Lipinski definition) is 12. The van der Waals surface area contributed by atoms with E-state index in [4.69, 9.17) is 23.7 Å². The van der Waals surface area contributed by atoms with E-state index in [2.05, 4.69) is 5.32 Å². The molecule has 0 aliphatic heterocycles. The molecule has 1 amide bonds. The molecule has 0 unspecified atom stereocenters. The number of fused-ring (bicyclic) bond motifs is 1. The van der Waals surface area contributed by atoms with Crippen LogP contribution < -0.4 is 14.5 Å². The van der Waals surface area contributed by atoms with Crippen molar-refractivity contribution in [3.05, 3.63) is 63.8 Å². The Bertz CT molecular complexity index is 1840. The number of esters is 2. The fraction of sp³-hybridized carbons (Fsp3) is 0.513. The van der Waals surface area contributed by atoms with Gasteiger partial charge in [0.05, 0.1) is 7.11 Å². The Morgan fingerprint density at radius 2 is 1.55 bits per heavy atom. The second-order valence-corrected chi connectivity index (χ2v) is 17.1. The molecule has 0 fully saturated rings. The number of carbonyl (C=O) groups is 5. The molecule has 2 aromatic carbocycles. The van der Waals surface area contributed by atoms with Gasteiger partial charge in [0, 0.05) is 0 Å². The molecule has 300 valence electrons. The fourth-order valence-electron chi connectivity index (χ4n) is 6.23. The van der Waals surface area contributed by atoms with Gasteiger partial charge in [-0.3, -0.25) is 0 Å². The first-order valence-electron chi connectivity index (χ1n) is 17.7. The van der Waals surface area contributed by atoms with Crippen LogP contribution in [0.15, 0.2) is 42.5 Å². The fourth-order valence-corrected chi connectivity index (χ4v) is 8.48. The number of ether oxygens (including phenoxy) is 5. The molecule has 1 N–H and O–H groups in total. The number of benzene rings is 2. The molecule has 3 rings (SSSR count). The van der Waals surface area contributed by atoms with E-state index in [1.165, 1.54) is 17.7 Å². The van der Waals surface area contributed by atoms with Crippen molar-refractivity contribution < 1.29 is 52.6 Å². The summed E-state index contributed by atoms with van der Waals surface area (Å²) >= 11 is -0.419. The Morgan fingerprint density at radius 1 is 0.909 bits per heavy atom. The Hall–Kier alpha value is -4.95. The van der Waals surface area contributed by atoms with Gasteiger partial charge in [-0.05, 0) is 20.8 Å². The molecule has 1 aromatic heterocycles. The van der Waals surface area contributed by atoms with Gasteiger partial charge in [0.15, 0.2) is 0 Å². The summed E-state index contributed by atoms with van der Waals surface area (Å²) in [7, 11) is 3.77. The SMILES string of the molecule is COC(=O)C(C(=O)OC)[C@@H](CCc1c(CCNC(=O)OC(C)(C)C)c2cc(OC)ccc2n1C(=O)OC(C)(C)C)[C@@H](C=O)CC[Se]c1ccccc1[N+](=O)[O-]. The number of nitrogens with zero attached hydrogens (tertiary/aromatic N) is 2. The summed E-state index contributed by atoms with van der Waals surface area (Å²) in [4.78, 5) is 77.2. The number of nitro groups is 1. The average molecular weight is 833 g/mol. The van der Waals surface area contributed by atoms with E-state index in [-0.39, 0.29) is 37.9 Å². The molecule has 3 aromatic rings. The number of hydrogen-bond donors (Lipinski definition) is 1. The van der Waals surface area contributed by atoms with Crippen molar-refractivity contribution in [1.29, 1.82) is 0 Å². The number of aldehydes is 1. The number of amides is 1. The molecule has 0 spiro atoms. The number of carbonyl (C=O) groups excluding carboxylic acids is 5. The molecule has 0 saturated heterocycles. The number of methoxy groups -OCH3 is 3. The van der Waals surface area contributed by atoms with Crippen LogP contribution in [0.5, 0.6) is 5.75 Å². The summed E-state index contributed by atoms with van der Waals surface area (Å²) in [6, 6.07) is 11.6. The Balaban J connectivity index is 2.14. The first-order valence-corrected chi connectivity index (χ1v) is 19.8. The quantitative estimate of drug-likeness (QED) is 0.0339. The third-order valence-electron chi connectivity index (χ3n) is 8.56. The van der Waals surface area contributed by atoms with Crippen LogP contribution in [0.2, 0.25) is 5.32 Å². The predicted octanol–water partition coefficient (Wildman–Crippen LogP) is 5.57. The maximum absolute atomic E-state index is 14.0. The van der Waals surface area contributed by atoms with Crippen LogP contribution in [-0.2, 0) is 46.2 Å². The van der Waals surface area contributed by atoms with Crippen molar-refractivity contribution in [2.24, 2.45) is 17.8 Å². The van der Waals surface area contributed by atoms with E-state index in [9.17, 15) is 34.1 Å².